The molecule has 1 aromatic carbocycles. The van der Waals surface area contributed by atoms with Crippen LogP contribution in [0.25, 0.3) is 34.3 Å². The molecule has 0 atom stereocenters. The van der Waals surface area contributed by atoms with Crippen LogP contribution in [0.4, 0.5) is 8.78 Å². The molecule has 1 fully saturated rings. The van der Waals surface area contributed by atoms with Gasteiger partial charge in [0, 0.05) is 30.1 Å². The first kappa shape index (κ1) is 21.4. The Morgan fingerprint density at radius 3 is 2.54 bits per heavy atom. The number of nitrogens with zero attached hydrogens (tertiary/aromatic N) is 6. The fourth-order valence-electron chi connectivity index (χ4n) is 3.72. The van der Waals surface area contributed by atoms with Crippen LogP contribution in [-0.4, -0.2) is 29.3 Å². The summed E-state index contributed by atoms with van der Waals surface area (Å²) in [4.78, 5) is 25.6. The van der Waals surface area contributed by atoms with Gasteiger partial charge in [0.25, 0.3) is 0 Å². The van der Waals surface area contributed by atoms with Crippen LogP contribution in [0, 0.1) is 11.6 Å². The summed E-state index contributed by atoms with van der Waals surface area (Å²) in [7, 11) is 0. The highest BCUT2D eigenvalue weighted by atomic mass is 35.5. The van der Waals surface area contributed by atoms with Crippen molar-refractivity contribution in [3.8, 4) is 34.3 Å². The van der Waals surface area contributed by atoms with E-state index in [1.807, 2.05) is 6.07 Å². The summed E-state index contributed by atoms with van der Waals surface area (Å²) >= 11 is 5.66. The summed E-state index contributed by atoms with van der Waals surface area (Å²) in [6, 6.07) is 7.37. The summed E-state index contributed by atoms with van der Waals surface area (Å²) in [6.45, 7) is 0. The Balaban J connectivity index is 1.50. The van der Waals surface area contributed by atoms with Crippen LogP contribution in [-0.2, 0) is 0 Å². The fourth-order valence-corrected chi connectivity index (χ4v) is 3.83. The highest BCUT2D eigenvalue weighted by Crippen LogP contribution is 2.39. The Morgan fingerprint density at radius 1 is 1.06 bits per heavy atom. The van der Waals surface area contributed by atoms with Gasteiger partial charge in [0.15, 0.2) is 11.6 Å². The standard InChI is InChI=1S/C24H15ClF2N6O2/c25-20-17(26)8-14(9-18(20)27)21-22(32-7-5-19(13-3-4-13)30-24(32)34)31-23(35-21)15-10-29-33(12-15)16-2-1-6-28-11-16/h1-2,5-13H,3-4H2. The number of aromatic nitrogens is 6. The Hall–Kier alpha value is -4.18. The summed E-state index contributed by atoms with van der Waals surface area (Å²) in [5.74, 6) is -1.54. The van der Waals surface area contributed by atoms with E-state index in [1.165, 1.54) is 17.0 Å². The number of rotatable bonds is 5. The third kappa shape index (κ3) is 3.91. The molecule has 1 aliphatic rings. The molecule has 0 N–H and O–H groups in total. The molecule has 174 valence electrons. The second-order valence-corrected chi connectivity index (χ2v) is 8.47. The van der Waals surface area contributed by atoms with E-state index >= 15 is 0 Å². The first-order valence-electron chi connectivity index (χ1n) is 10.7. The molecule has 0 bridgehead atoms. The summed E-state index contributed by atoms with van der Waals surface area (Å²) in [6.07, 6.45) is 9.97. The molecule has 35 heavy (non-hydrogen) atoms. The first-order valence-corrected chi connectivity index (χ1v) is 11.1. The molecule has 0 aliphatic heterocycles. The Labute approximate surface area is 201 Å². The van der Waals surface area contributed by atoms with Crippen LogP contribution in [0.1, 0.15) is 24.5 Å². The highest BCUT2D eigenvalue weighted by Gasteiger charge is 2.27. The van der Waals surface area contributed by atoms with E-state index in [0.29, 0.717) is 16.9 Å². The number of oxazole rings is 1. The van der Waals surface area contributed by atoms with Crippen LogP contribution >= 0.6 is 11.6 Å². The molecule has 0 amide bonds. The Kier molecular flexibility index (Phi) is 5.03. The third-order valence-electron chi connectivity index (χ3n) is 5.64. The van der Waals surface area contributed by atoms with Gasteiger partial charge in [0.05, 0.1) is 29.3 Å². The van der Waals surface area contributed by atoms with Gasteiger partial charge in [-0.2, -0.15) is 15.1 Å². The minimum Gasteiger partial charge on any atom is -0.434 e. The Morgan fingerprint density at radius 2 is 1.86 bits per heavy atom. The molecule has 0 spiro atoms. The Bertz CT molecular complexity index is 1600. The predicted octanol–water partition coefficient (Wildman–Crippen LogP) is 4.94. The van der Waals surface area contributed by atoms with E-state index in [1.54, 1.807) is 35.4 Å². The second-order valence-electron chi connectivity index (χ2n) is 8.09. The lowest BCUT2D eigenvalue weighted by atomic mass is 10.1. The number of pyridine rings is 1. The quantitative estimate of drug-likeness (QED) is 0.323. The lowest BCUT2D eigenvalue weighted by Crippen LogP contribution is -2.22. The molecule has 5 aromatic rings. The molecular weight excluding hydrogens is 478 g/mol. The average molecular weight is 493 g/mol. The molecule has 11 heteroatoms. The zero-order valence-electron chi connectivity index (χ0n) is 17.9. The van der Waals surface area contributed by atoms with Crippen molar-refractivity contribution >= 4 is 11.6 Å². The number of benzene rings is 1. The normalized spacial score (nSPS) is 13.3. The van der Waals surface area contributed by atoms with Crippen LogP contribution in [0.15, 0.2) is 70.5 Å². The van der Waals surface area contributed by atoms with Crippen LogP contribution in [0.2, 0.25) is 5.02 Å². The van der Waals surface area contributed by atoms with Crippen molar-refractivity contribution in [1.82, 2.24) is 29.3 Å². The van der Waals surface area contributed by atoms with E-state index in [9.17, 15) is 13.6 Å². The molecule has 1 aliphatic carbocycles. The predicted molar refractivity (Wildman–Crippen MR) is 123 cm³/mol. The maximum absolute atomic E-state index is 14.3. The fraction of sp³-hybridized carbons (Fsp3) is 0.125. The number of hydrogen-bond acceptors (Lipinski definition) is 6. The van der Waals surface area contributed by atoms with Gasteiger partial charge in [-0.15, -0.1) is 0 Å². The van der Waals surface area contributed by atoms with Gasteiger partial charge in [-0.05, 0) is 43.2 Å². The zero-order valence-corrected chi connectivity index (χ0v) is 18.7. The van der Waals surface area contributed by atoms with Gasteiger partial charge in [-0.1, -0.05) is 11.6 Å². The van der Waals surface area contributed by atoms with E-state index in [2.05, 4.69) is 20.1 Å². The molecule has 0 saturated heterocycles. The summed E-state index contributed by atoms with van der Waals surface area (Å²) in [5, 5.41) is 3.66. The van der Waals surface area contributed by atoms with Gasteiger partial charge >= 0.3 is 5.69 Å². The smallest absolute Gasteiger partial charge is 0.353 e. The van der Waals surface area contributed by atoms with Crippen molar-refractivity contribution in [3.05, 3.63) is 94.2 Å². The highest BCUT2D eigenvalue weighted by molar-refractivity contribution is 6.31. The average Bonchev–Trinajstić information content (AvgIpc) is 3.43. The molecule has 4 aromatic heterocycles. The van der Waals surface area contributed by atoms with Crippen molar-refractivity contribution in [2.24, 2.45) is 0 Å². The molecule has 6 rings (SSSR count). The third-order valence-corrected chi connectivity index (χ3v) is 6.01. The lowest BCUT2D eigenvalue weighted by molar-refractivity contribution is 0.572. The minimum absolute atomic E-state index is 0.0216. The van der Waals surface area contributed by atoms with Gasteiger partial charge in [0.2, 0.25) is 5.89 Å². The monoisotopic (exact) mass is 492 g/mol. The van der Waals surface area contributed by atoms with Crippen molar-refractivity contribution in [2.45, 2.75) is 18.8 Å². The topological polar surface area (TPSA) is 91.6 Å². The van der Waals surface area contributed by atoms with Gasteiger partial charge < -0.3 is 4.42 Å². The maximum Gasteiger partial charge on any atom is 0.353 e. The van der Waals surface area contributed by atoms with E-state index in [4.69, 9.17) is 16.0 Å². The number of hydrogen-bond donors (Lipinski definition) is 0. The van der Waals surface area contributed by atoms with Gasteiger partial charge in [0.1, 0.15) is 16.7 Å². The lowest BCUT2D eigenvalue weighted by Gasteiger charge is -2.06. The summed E-state index contributed by atoms with van der Waals surface area (Å²) < 4.78 is 37.3. The van der Waals surface area contributed by atoms with Gasteiger partial charge in [-0.25, -0.2) is 22.8 Å². The SMILES string of the molecule is O=c1nc(C2CC2)ccn1-c1nc(-c2cnn(-c3cccnc3)c2)oc1-c1cc(F)c(Cl)c(F)c1. The van der Waals surface area contributed by atoms with Crippen LogP contribution in [0.5, 0.6) is 0 Å². The largest absolute Gasteiger partial charge is 0.434 e. The van der Waals surface area contributed by atoms with E-state index in [0.717, 1.165) is 25.0 Å². The minimum atomic E-state index is -0.968. The van der Waals surface area contributed by atoms with Crippen molar-refractivity contribution in [1.29, 1.82) is 0 Å². The zero-order chi connectivity index (χ0) is 24.1. The first-order chi connectivity index (χ1) is 17.0. The maximum atomic E-state index is 14.3. The molecule has 1 saturated carbocycles. The molecular formula is C24H15ClF2N6O2. The molecule has 0 unspecified atom stereocenters. The molecule has 4 heterocycles. The second kappa shape index (κ2) is 8.24. The van der Waals surface area contributed by atoms with Gasteiger partial charge in [-0.3, -0.25) is 4.98 Å². The number of halogens is 3. The van der Waals surface area contributed by atoms with E-state index < -0.39 is 22.3 Å². The van der Waals surface area contributed by atoms with Crippen molar-refractivity contribution < 1.29 is 13.2 Å². The van der Waals surface area contributed by atoms with Crippen LogP contribution < -0.4 is 5.69 Å². The summed E-state index contributed by atoms with van der Waals surface area (Å²) in [5.41, 5.74) is 1.35. The van der Waals surface area contributed by atoms with Crippen molar-refractivity contribution in [3.63, 3.8) is 0 Å². The van der Waals surface area contributed by atoms with E-state index in [-0.39, 0.29) is 29.0 Å². The van der Waals surface area contributed by atoms with Crippen molar-refractivity contribution in [2.75, 3.05) is 0 Å². The molecule has 8 nitrogen and oxygen atoms in total. The molecule has 0 radical (unpaired) electrons. The van der Waals surface area contributed by atoms with Crippen LogP contribution in [0.3, 0.4) is 0 Å².